The lowest BCUT2D eigenvalue weighted by atomic mass is 9.99. The van der Waals surface area contributed by atoms with Gasteiger partial charge in [-0.2, -0.15) is 0 Å². The Morgan fingerprint density at radius 2 is 1.97 bits per heavy atom. The first kappa shape index (κ1) is 19.1. The van der Waals surface area contributed by atoms with Crippen molar-refractivity contribution >= 4 is 23.1 Å². The van der Waals surface area contributed by atoms with E-state index < -0.39 is 0 Å². The second-order valence-electron chi connectivity index (χ2n) is 7.53. The molecule has 1 saturated heterocycles. The lowest BCUT2D eigenvalue weighted by Crippen LogP contribution is -2.32. The molecule has 0 bridgehead atoms. The van der Waals surface area contributed by atoms with Gasteiger partial charge in [-0.3, -0.25) is 4.79 Å². The van der Waals surface area contributed by atoms with E-state index in [0.29, 0.717) is 23.7 Å². The minimum atomic E-state index is -0.165. The summed E-state index contributed by atoms with van der Waals surface area (Å²) in [4.78, 5) is 19.1. The summed E-state index contributed by atoms with van der Waals surface area (Å²) in [6, 6.07) is 15.5. The van der Waals surface area contributed by atoms with Crippen LogP contribution in [0, 0.1) is 5.92 Å². The van der Waals surface area contributed by atoms with E-state index in [9.17, 15) is 4.79 Å². The summed E-state index contributed by atoms with van der Waals surface area (Å²) in [6.07, 6.45) is 5.72. The number of piperidine rings is 1. The maximum atomic E-state index is 12.4. The number of hydrogen-bond acceptors (Lipinski definition) is 5. The molecule has 29 heavy (non-hydrogen) atoms. The molecule has 3 heterocycles. The summed E-state index contributed by atoms with van der Waals surface area (Å²) in [5.41, 5.74) is 2.74. The van der Waals surface area contributed by atoms with Gasteiger partial charge >= 0.3 is 0 Å². The van der Waals surface area contributed by atoms with Crippen LogP contribution in [0.25, 0.3) is 0 Å². The molecule has 0 saturated carbocycles. The second kappa shape index (κ2) is 8.82. The molecular formula is C23H26N4O2. The van der Waals surface area contributed by atoms with Gasteiger partial charge in [-0.25, -0.2) is 4.98 Å². The molecule has 1 aliphatic rings. The molecule has 4 rings (SSSR count). The predicted octanol–water partition coefficient (Wildman–Crippen LogP) is 4.58. The second-order valence-corrected chi connectivity index (χ2v) is 7.53. The van der Waals surface area contributed by atoms with Crippen LogP contribution < -0.4 is 15.5 Å². The van der Waals surface area contributed by atoms with Gasteiger partial charge in [0.2, 0.25) is 0 Å². The van der Waals surface area contributed by atoms with Crippen LogP contribution in [0.1, 0.15) is 35.9 Å². The maximum Gasteiger partial charge on any atom is 0.251 e. The Bertz CT molecular complexity index is 930. The summed E-state index contributed by atoms with van der Waals surface area (Å²) >= 11 is 0. The fourth-order valence-corrected chi connectivity index (χ4v) is 3.49. The van der Waals surface area contributed by atoms with Crippen molar-refractivity contribution in [3.05, 3.63) is 72.3 Å². The van der Waals surface area contributed by atoms with Gasteiger partial charge in [-0.15, -0.1) is 0 Å². The minimum absolute atomic E-state index is 0.165. The number of aromatic nitrogens is 1. The Hall–Kier alpha value is -3.28. The molecule has 150 valence electrons. The standard InChI is InChI=1S/C23H26N4O2/c1-17-9-12-27(13-10-17)20-6-4-19(5-7-20)26-22-15-18(8-11-24-22)23(28)25-16-21-3-2-14-29-21/h2-8,11,14-15,17H,9-10,12-13,16H2,1H3,(H,24,26)(H,25,28). The Morgan fingerprint density at radius 3 is 2.69 bits per heavy atom. The van der Waals surface area contributed by atoms with Crippen LogP contribution in [0.4, 0.5) is 17.2 Å². The van der Waals surface area contributed by atoms with Crippen molar-refractivity contribution in [3.8, 4) is 0 Å². The van der Waals surface area contributed by atoms with Crippen LogP contribution in [0.3, 0.4) is 0 Å². The Balaban J connectivity index is 1.36. The molecule has 3 aromatic rings. The molecule has 0 spiro atoms. The lowest BCUT2D eigenvalue weighted by Gasteiger charge is -2.32. The molecule has 0 atom stereocenters. The molecule has 2 aromatic heterocycles. The molecule has 6 heteroatoms. The highest BCUT2D eigenvalue weighted by Gasteiger charge is 2.16. The molecule has 6 nitrogen and oxygen atoms in total. The van der Waals surface area contributed by atoms with Gasteiger partial charge in [0.15, 0.2) is 0 Å². The zero-order valence-electron chi connectivity index (χ0n) is 16.6. The number of furan rings is 1. The molecule has 0 aliphatic carbocycles. The third kappa shape index (κ3) is 4.96. The van der Waals surface area contributed by atoms with E-state index in [1.165, 1.54) is 18.5 Å². The Morgan fingerprint density at radius 1 is 1.17 bits per heavy atom. The quantitative estimate of drug-likeness (QED) is 0.644. The van der Waals surface area contributed by atoms with Crippen molar-refractivity contribution in [1.82, 2.24) is 10.3 Å². The Labute approximate surface area is 170 Å². The largest absolute Gasteiger partial charge is 0.467 e. The highest BCUT2D eigenvalue weighted by atomic mass is 16.3. The number of amides is 1. The van der Waals surface area contributed by atoms with E-state index >= 15 is 0 Å². The van der Waals surface area contributed by atoms with Crippen LogP contribution in [0.15, 0.2) is 65.4 Å². The van der Waals surface area contributed by atoms with E-state index in [0.717, 1.165) is 24.7 Å². The topological polar surface area (TPSA) is 70.4 Å². The highest BCUT2D eigenvalue weighted by molar-refractivity contribution is 5.94. The molecule has 0 radical (unpaired) electrons. The summed E-state index contributed by atoms with van der Waals surface area (Å²) in [7, 11) is 0. The predicted molar refractivity (Wildman–Crippen MR) is 114 cm³/mol. The third-order valence-corrected chi connectivity index (χ3v) is 5.31. The molecular weight excluding hydrogens is 364 g/mol. The van der Waals surface area contributed by atoms with Crippen molar-refractivity contribution in [2.75, 3.05) is 23.3 Å². The van der Waals surface area contributed by atoms with Crippen LogP contribution >= 0.6 is 0 Å². The van der Waals surface area contributed by atoms with E-state index in [1.54, 1.807) is 30.7 Å². The molecule has 1 aromatic carbocycles. The number of pyridine rings is 1. The fraction of sp³-hybridized carbons (Fsp3) is 0.304. The van der Waals surface area contributed by atoms with Crippen LogP contribution in [-0.4, -0.2) is 24.0 Å². The van der Waals surface area contributed by atoms with E-state index in [2.05, 4.69) is 51.7 Å². The molecule has 1 amide bonds. The average Bonchev–Trinajstić information content (AvgIpc) is 3.27. The summed E-state index contributed by atoms with van der Waals surface area (Å²) in [6.45, 7) is 4.91. The SMILES string of the molecule is CC1CCN(c2ccc(Nc3cc(C(=O)NCc4ccco4)ccn3)cc2)CC1. The van der Waals surface area contributed by atoms with Crippen molar-refractivity contribution in [1.29, 1.82) is 0 Å². The van der Waals surface area contributed by atoms with Gasteiger partial charge in [0.1, 0.15) is 11.6 Å². The number of nitrogens with zero attached hydrogens (tertiary/aromatic N) is 2. The average molecular weight is 390 g/mol. The summed E-state index contributed by atoms with van der Waals surface area (Å²) in [5.74, 6) is 2.01. The number of anilines is 3. The van der Waals surface area contributed by atoms with Gasteiger partial charge < -0.3 is 20.0 Å². The summed E-state index contributed by atoms with van der Waals surface area (Å²) in [5, 5.41) is 6.12. The highest BCUT2D eigenvalue weighted by Crippen LogP contribution is 2.25. The number of nitrogens with one attached hydrogen (secondary N) is 2. The van der Waals surface area contributed by atoms with Crippen LogP contribution in [0.5, 0.6) is 0 Å². The van der Waals surface area contributed by atoms with Crippen molar-refractivity contribution in [2.45, 2.75) is 26.3 Å². The van der Waals surface area contributed by atoms with Gasteiger partial charge in [0.25, 0.3) is 5.91 Å². The molecule has 1 fully saturated rings. The van der Waals surface area contributed by atoms with Gasteiger partial charge in [-0.05, 0) is 67.3 Å². The van der Waals surface area contributed by atoms with Crippen molar-refractivity contribution < 1.29 is 9.21 Å². The molecule has 2 N–H and O–H groups in total. The monoisotopic (exact) mass is 390 g/mol. The number of rotatable bonds is 6. The number of carbonyl (C=O) groups excluding carboxylic acids is 1. The van der Waals surface area contributed by atoms with Crippen LogP contribution in [0.2, 0.25) is 0 Å². The number of benzene rings is 1. The van der Waals surface area contributed by atoms with Crippen molar-refractivity contribution in [3.63, 3.8) is 0 Å². The first-order chi connectivity index (χ1) is 14.2. The Kier molecular flexibility index (Phi) is 5.79. The van der Waals surface area contributed by atoms with Gasteiger partial charge in [-0.1, -0.05) is 6.92 Å². The smallest absolute Gasteiger partial charge is 0.251 e. The van der Waals surface area contributed by atoms with Gasteiger partial charge in [0.05, 0.1) is 12.8 Å². The lowest BCUT2D eigenvalue weighted by molar-refractivity contribution is 0.0948. The van der Waals surface area contributed by atoms with E-state index in [-0.39, 0.29) is 5.91 Å². The number of carbonyl (C=O) groups is 1. The normalized spacial score (nSPS) is 14.6. The first-order valence-electron chi connectivity index (χ1n) is 10.1. The number of hydrogen-bond donors (Lipinski definition) is 2. The van der Waals surface area contributed by atoms with Crippen molar-refractivity contribution in [2.24, 2.45) is 5.92 Å². The van der Waals surface area contributed by atoms with Gasteiger partial charge in [0, 0.05) is 36.2 Å². The van der Waals surface area contributed by atoms with E-state index in [4.69, 9.17) is 4.42 Å². The molecule has 1 aliphatic heterocycles. The fourth-order valence-electron chi connectivity index (χ4n) is 3.49. The molecule has 0 unspecified atom stereocenters. The van der Waals surface area contributed by atoms with Crippen LogP contribution in [-0.2, 0) is 6.54 Å². The zero-order chi connectivity index (χ0) is 20.1. The zero-order valence-corrected chi connectivity index (χ0v) is 16.6. The first-order valence-corrected chi connectivity index (χ1v) is 10.1. The minimum Gasteiger partial charge on any atom is -0.467 e. The third-order valence-electron chi connectivity index (χ3n) is 5.31. The van der Waals surface area contributed by atoms with E-state index in [1.807, 2.05) is 6.07 Å². The maximum absolute atomic E-state index is 12.4. The summed E-state index contributed by atoms with van der Waals surface area (Å²) < 4.78 is 5.24.